The van der Waals surface area contributed by atoms with Crippen LogP contribution in [-0.2, 0) is 4.79 Å². The van der Waals surface area contributed by atoms with Crippen molar-refractivity contribution in [2.24, 2.45) is 5.92 Å². The van der Waals surface area contributed by atoms with E-state index in [2.05, 4.69) is 15.5 Å². The Labute approximate surface area is 117 Å². The van der Waals surface area contributed by atoms with Crippen LogP contribution in [0.2, 0.25) is 0 Å². The third kappa shape index (κ3) is 2.76. The van der Waals surface area contributed by atoms with Crippen LogP contribution >= 0.6 is 0 Å². The number of anilines is 1. The predicted molar refractivity (Wildman–Crippen MR) is 75.0 cm³/mol. The van der Waals surface area contributed by atoms with Gasteiger partial charge in [-0.05, 0) is 26.7 Å². The van der Waals surface area contributed by atoms with Crippen LogP contribution in [0, 0.1) is 12.8 Å². The van der Waals surface area contributed by atoms with E-state index in [1.54, 1.807) is 11.8 Å². The average molecular weight is 279 g/mol. The molecule has 1 aliphatic heterocycles. The number of H-pyrrole nitrogens is 1. The van der Waals surface area contributed by atoms with E-state index in [9.17, 15) is 9.59 Å². The predicted octanol–water partition coefficient (Wildman–Crippen LogP) is 0.289. The summed E-state index contributed by atoms with van der Waals surface area (Å²) in [4.78, 5) is 25.8. The summed E-state index contributed by atoms with van der Waals surface area (Å²) in [5, 5.41) is 9.49. The molecule has 1 aromatic rings. The molecule has 110 valence electrons. The molecule has 0 atom stereocenters. The van der Waals surface area contributed by atoms with Crippen LogP contribution in [0.1, 0.15) is 35.9 Å². The molecule has 1 saturated heterocycles. The first-order valence-corrected chi connectivity index (χ1v) is 6.92. The third-order valence-electron chi connectivity index (χ3n) is 3.70. The maximum atomic E-state index is 12.3. The van der Waals surface area contributed by atoms with Crippen molar-refractivity contribution in [3.05, 3.63) is 11.4 Å². The van der Waals surface area contributed by atoms with Gasteiger partial charge in [0.25, 0.3) is 5.91 Å². The second-order valence-electron chi connectivity index (χ2n) is 5.07. The Balaban J connectivity index is 1.95. The number of carbonyl (C=O) groups is 2. The topological polar surface area (TPSA) is 104 Å². The number of hydrogen-bond acceptors (Lipinski definition) is 4. The zero-order valence-electron chi connectivity index (χ0n) is 11.9. The lowest BCUT2D eigenvalue weighted by atomic mass is 9.95. The van der Waals surface area contributed by atoms with Gasteiger partial charge in [-0.3, -0.25) is 14.7 Å². The highest BCUT2D eigenvalue weighted by atomic mass is 16.2. The Bertz CT molecular complexity index is 503. The molecule has 2 rings (SSSR count). The minimum atomic E-state index is -0.166. The van der Waals surface area contributed by atoms with E-state index in [0.717, 1.165) is 0 Å². The van der Waals surface area contributed by atoms with Gasteiger partial charge in [0.15, 0.2) is 5.69 Å². The monoisotopic (exact) mass is 279 g/mol. The quantitative estimate of drug-likeness (QED) is 0.739. The SMILES string of the molecule is CCNC(=O)C1CCN(C(=O)c2n[nH]c(C)c2N)CC1. The van der Waals surface area contributed by atoms with Crippen molar-refractivity contribution in [2.45, 2.75) is 26.7 Å². The van der Waals surface area contributed by atoms with Gasteiger partial charge in [-0.25, -0.2) is 0 Å². The van der Waals surface area contributed by atoms with E-state index in [0.29, 0.717) is 43.9 Å². The molecule has 0 spiro atoms. The number of nitrogens with zero attached hydrogens (tertiary/aromatic N) is 2. The zero-order valence-corrected chi connectivity index (χ0v) is 11.9. The van der Waals surface area contributed by atoms with Crippen LogP contribution in [0.5, 0.6) is 0 Å². The number of aryl methyl sites for hydroxylation is 1. The molecule has 1 aromatic heterocycles. The molecule has 1 aliphatic rings. The van der Waals surface area contributed by atoms with E-state index >= 15 is 0 Å². The highest BCUT2D eigenvalue weighted by molar-refractivity contribution is 5.97. The van der Waals surface area contributed by atoms with Gasteiger partial charge in [0.1, 0.15) is 0 Å². The molecule has 4 N–H and O–H groups in total. The number of aromatic amines is 1. The standard InChI is InChI=1S/C13H21N5O2/c1-3-15-12(19)9-4-6-18(7-5-9)13(20)11-10(14)8(2)16-17-11/h9H,3-7,14H2,1-2H3,(H,15,19)(H,16,17). The van der Waals surface area contributed by atoms with E-state index in [4.69, 9.17) is 5.73 Å². The molecule has 0 aliphatic carbocycles. The van der Waals surface area contributed by atoms with Crippen LogP contribution < -0.4 is 11.1 Å². The summed E-state index contributed by atoms with van der Waals surface area (Å²) in [6.45, 7) is 5.44. The van der Waals surface area contributed by atoms with Gasteiger partial charge in [0.05, 0.1) is 11.4 Å². The number of nitrogens with one attached hydrogen (secondary N) is 2. The summed E-state index contributed by atoms with van der Waals surface area (Å²) in [7, 11) is 0. The fourth-order valence-electron chi connectivity index (χ4n) is 2.41. The molecule has 0 radical (unpaired) electrons. The number of carbonyl (C=O) groups excluding carboxylic acids is 2. The van der Waals surface area contributed by atoms with Gasteiger partial charge in [-0.1, -0.05) is 0 Å². The van der Waals surface area contributed by atoms with E-state index in [1.165, 1.54) is 0 Å². The number of nitrogen functional groups attached to an aromatic ring is 1. The molecular weight excluding hydrogens is 258 g/mol. The van der Waals surface area contributed by atoms with Gasteiger partial charge in [0, 0.05) is 25.6 Å². The third-order valence-corrected chi connectivity index (χ3v) is 3.70. The molecule has 7 heteroatoms. The number of nitrogens with two attached hydrogens (primary N) is 1. The number of aromatic nitrogens is 2. The van der Waals surface area contributed by atoms with Crippen LogP contribution in [0.25, 0.3) is 0 Å². The van der Waals surface area contributed by atoms with Crippen molar-refractivity contribution in [3.8, 4) is 0 Å². The molecule has 0 saturated carbocycles. The van der Waals surface area contributed by atoms with Crippen molar-refractivity contribution in [3.63, 3.8) is 0 Å². The molecule has 0 aromatic carbocycles. The van der Waals surface area contributed by atoms with Crippen LogP contribution in [0.4, 0.5) is 5.69 Å². The van der Waals surface area contributed by atoms with Crippen molar-refractivity contribution < 1.29 is 9.59 Å². The van der Waals surface area contributed by atoms with Crippen molar-refractivity contribution in [1.29, 1.82) is 0 Å². The van der Waals surface area contributed by atoms with Gasteiger partial charge >= 0.3 is 0 Å². The van der Waals surface area contributed by atoms with Crippen molar-refractivity contribution in [2.75, 3.05) is 25.4 Å². The number of amides is 2. The number of hydrogen-bond donors (Lipinski definition) is 3. The lowest BCUT2D eigenvalue weighted by Crippen LogP contribution is -2.43. The van der Waals surface area contributed by atoms with E-state index in [1.807, 2.05) is 6.92 Å². The van der Waals surface area contributed by atoms with Crippen LogP contribution in [0.3, 0.4) is 0 Å². The smallest absolute Gasteiger partial charge is 0.276 e. The van der Waals surface area contributed by atoms with Gasteiger partial charge < -0.3 is 16.0 Å². The molecule has 0 unspecified atom stereocenters. The van der Waals surface area contributed by atoms with Crippen LogP contribution in [0.15, 0.2) is 0 Å². The Morgan fingerprint density at radius 1 is 1.45 bits per heavy atom. The molecule has 0 bridgehead atoms. The minimum absolute atomic E-state index is 0.00253. The second-order valence-corrected chi connectivity index (χ2v) is 5.07. The molecule has 7 nitrogen and oxygen atoms in total. The highest BCUT2D eigenvalue weighted by Crippen LogP contribution is 2.21. The lowest BCUT2D eigenvalue weighted by molar-refractivity contribution is -0.126. The fraction of sp³-hybridized carbons (Fsp3) is 0.615. The van der Waals surface area contributed by atoms with Crippen molar-refractivity contribution in [1.82, 2.24) is 20.4 Å². The second kappa shape index (κ2) is 5.94. The van der Waals surface area contributed by atoms with Gasteiger partial charge in [-0.15, -0.1) is 0 Å². The Kier molecular flexibility index (Phi) is 4.26. The average Bonchev–Trinajstić information content (AvgIpc) is 2.79. The minimum Gasteiger partial charge on any atom is -0.395 e. The zero-order chi connectivity index (χ0) is 14.7. The Morgan fingerprint density at radius 3 is 2.60 bits per heavy atom. The Hall–Kier alpha value is -2.05. The van der Waals surface area contributed by atoms with Gasteiger partial charge in [-0.2, -0.15) is 5.10 Å². The number of likely N-dealkylation sites (tertiary alicyclic amines) is 1. The Morgan fingerprint density at radius 2 is 2.10 bits per heavy atom. The molecular formula is C13H21N5O2. The summed E-state index contributed by atoms with van der Waals surface area (Å²) in [6.07, 6.45) is 1.36. The summed E-state index contributed by atoms with van der Waals surface area (Å²) < 4.78 is 0. The molecule has 1 fully saturated rings. The maximum absolute atomic E-state index is 12.3. The summed E-state index contributed by atoms with van der Waals surface area (Å²) in [5.41, 5.74) is 7.20. The normalized spacial score (nSPS) is 16.2. The fourth-order valence-corrected chi connectivity index (χ4v) is 2.41. The van der Waals surface area contributed by atoms with Gasteiger partial charge in [0.2, 0.25) is 5.91 Å². The first-order valence-electron chi connectivity index (χ1n) is 6.92. The van der Waals surface area contributed by atoms with E-state index < -0.39 is 0 Å². The highest BCUT2D eigenvalue weighted by Gasteiger charge is 2.29. The number of rotatable bonds is 3. The number of piperidine rings is 1. The van der Waals surface area contributed by atoms with E-state index in [-0.39, 0.29) is 23.4 Å². The summed E-state index contributed by atoms with van der Waals surface area (Å²) >= 11 is 0. The van der Waals surface area contributed by atoms with Crippen molar-refractivity contribution >= 4 is 17.5 Å². The summed E-state index contributed by atoms with van der Waals surface area (Å²) in [6, 6.07) is 0. The first-order chi connectivity index (χ1) is 9.54. The van der Waals surface area contributed by atoms with Crippen LogP contribution in [-0.4, -0.2) is 46.5 Å². The molecule has 2 amide bonds. The molecule has 2 heterocycles. The summed E-state index contributed by atoms with van der Waals surface area (Å²) in [5.74, 6) is -0.0896. The largest absolute Gasteiger partial charge is 0.395 e. The lowest BCUT2D eigenvalue weighted by Gasteiger charge is -2.30. The first kappa shape index (κ1) is 14.4. The molecule has 20 heavy (non-hydrogen) atoms. The maximum Gasteiger partial charge on any atom is 0.276 e.